The average Bonchev–Trinajstić information content (AvgIpc) is 3.13. The Balaban J connectivity index is 1.96. The van der Waals surface area contributed by atoms with E-state index in [-0.39, 0.29) is 5.91 Å². The van der Waals surface area contributed by atoms with Crippen LogP contribution in [0.5, 0.6) is 0 Å². The first-order valence-corrected chi connectivity index (χ1v) is 6.71. The molecule has 17 heavy (non-hydrogen) atoms. The van der Waals surface area contributed by atoms with E-state index in [0.717, 1.165) is 12.5 Å². The van der Waals surface area contributed by atoms with E-state index < -0.39 is 0 Å². The highest BCUT2D eigenvalue weighted by atomic mass is 79.9. The van der Waals surface area contributed by atoms with Crippen molar-refractivity contribution in [1.29, 1.82) is 0 Å². The summed E-state index contributed by atoms with van der Waals surface area (Å²) in [5.41, 5.74) is 6.94. The topological polar surface area (TPSA) is 55.1 Å². The molecule has 0 saturated heterocycles. The van der Waals surface area contributed by atoms with E-state index in [0.29, 0.717) is 21.6 Å². The van der Waals surface area contributed by atoms with Gasteiger partial charge in [-0.1, -0.05) is 13.0 Å². The van der Waals surface area contributed by atoms with E-state index >= 15 is 0 Å². The zero-order chi connectivity index (χ0) is 12.4. The Hall–Kier alpha value is -1.03. The number of nitrogens with one attached hydrogen (secondary N) is 1. The predicted octanol–water partition coefficient (Wildman–Crippen LogP) is 2.81. The van der Waals surface area contributed by atoms with E-state index in [1.807, 2.05) is 0 Å². The van der Waals surface area contributed by atoms with Crippen LogP contribution >= 0.6 is 15.9 Å². The predicted molar refractivity (Wildman–Crippen MR) is 72.8 cm³/mol. The first kappa shape index (κ1) is 12.4. The first-order valence-electron chi connectivity index (χ1n) is 5.91. The molecule has 0 bridgehead atoms. The molecule has 3 N–H and O–H groups in total. The van der Waals surface area contributed by atoms with Crippen molar-refractivity contribution < 1.29 is 4.79 Å². The van der Waals surface area contributed by atoms with E-state index in [1.165, 1.54) is 12.8 Å². The van der Waals surface area contributed by atoms with Crippen LogP contribution in [0.2, 0.25) is 0 Å². The third kappa shape index (κ3) is 3.00. The summed E-state index contributed by atoms with van der Waals surface area (Å²) in [6, 6.07) is 5.34. The quantitative estimate of drug-likeness (QED) is 0.840. The molecular weight excluding hydrogens is 280 g/mol. The summed E-state index contributed by atoms with van der Waals surface area (Å²) in [6.07, 6.45) is 2.61. The molecule has 0 aliphatic heterocycles. The zero-order valence-corrected chi connectivity index (χ0v) is 11.5. The van der Waals surface area contributed by atoms with Crippen LogP contribution in [0.3, 0.4) is 0 Å². The van der Waals surface area contributed by atoms with Gasteiger partial charge >= 0.3 is 0 Å². The van der Waals surface area contributed by atoms with Crippen LogP contribution in [0.25, 0.3) is 0 Å². The van der Waals surface area contributed by atoms with E-state index in [2.05, 4.69) is 28.2 Å². The van der Waals surface area contributed by atoms with Gasteiger partial charge in [0.25, 0.3) is 5.91 Å². The fourth-order valence-corrected chi connectivity index (χ4v) is 2.35. The molecule has 2 rings (SSSR count). The van der Waals surface area contributed by atoms with Gasteiger partial charge < -0.3 is 11.1 Å². The lowest BCUT2D eigenvalue weighted by molar-refractivity contribution is 0.0946. The number of nitrogens with two attached hydrogens (primary N) is 1. The highest BCUT2D eigenvalue weighted by Gasteiger charge is 2.28. The Morgan fingerprint density at radius 2 is 2.29 bits per heavy atom. The maximum Gasteiger partial charge on any atom is 0.252 e. The molecule has 1 aliphatic carbocycles. The van der Waals surface area contributed by atoms with Crippen molar-refractivity contribution in [2.75, 3.05) is 12.3 Å². The molecule has 1 amide bonds. The van der Waals surface area contributed by atoms with Crippen molar-refractivity contribution in [2.24, 2.45) is 11.8 Å². The molecule has 4 heteroatoms. The number of halogens is 1. The summed E-state index contributed by atoms with van der Waals surface area (Å²) in [7, 11) is 0. The Labute approximate surface area is 110 Å². The number of hydrogen-bond donors (Lipinski definition) is 2. The van der Waals surface area contributed by atoms with Crippen molar-refractivity contribution in [3.63, 3.8) is 0 Å². The van der Waals surface area contributed by atoms with Gasteiger partial charge in [0.15, 0.2) is 0 Å². The second-order valence-corrected chi connectivity index (χ2v) is 5.53. The monoisotopic (exact) mass is 296 g/mol. The van der Waals surface area contributed by atoms with Crippen molar-refractivity contribution in [2.45, 2.75) is 19.8 Å². The van der Waals surface area contributed by atoms with Crippen LogP contribution in [0.15, 0.2) is 22.7 Å². The maximum atomic E-state index is 12.0. The molecule has 0 heterocycles. The maximum absolute atomic E-state index is 12.0. The average molecular weight is 297 g/mol. The molecule has 1 fully saturated rings. The lowest BCUT2D eigenvalue weighted by atomic mass is 10.1. The molecule has 0 spiro atoms. The minimum atomic E-state index is -0.0586. The van der Waals surface area contributed by atoms with E-state index in [4.69, 9.17) is 5.73 Å². The van der Waals surface area contributed by atoms with Gasteiger partial charge in [0, 0.05) is 12.2 Å². The van der Waals surface area contributed by atoms with Crippen LogP contribution in [-0.4, -0.2) is 12.5 Å². The van der Waals surface area contributed by atoms with Crippen molar-refractivity contribution in [3.05, 3.63) is 28.2 Å². The van der Waals surface area contributed by atoms with Gasteiger partial charge in [-0.2, -0.15) is 0 Å². The molecule has 1 atom stereocenters. The van der Waals surface area contributed by atoms with Crippen LogP contribution in [0, 0.1) is 11.8 Å². The SMILES string of the molecule is CC(CNC(=O)c1cccc(N)c1Br)C1CC1. The summed E-state index contributed by atoms with van der Waals surface area (Å²) in [4.78, 5) is 12.0. The van der Waals surface area contributed by atoms with Crippen molar-refractivity contribution >= 4 is 27.5 Å². The number of carbonyl (C=O) groups excluding carboxylic acids is 1. The number of anilines is 1. The van der Waals surface area contributed by atoms with E-state index in [1.54, 1.807) is 18.2 Å². The number of rotatable bonds is 4. The second kappa shape index (κ2) is 5.08. The Morgan fingerprint density at radius 1 is 1.59 bits per heavy atom. The van der Waals surface area contributed by atoms with Gasteiger partial charge in [0.05, 0.1) is 10.0 Å². The summed E-state index contributed by atoms with van der Waals surface area (Å²) in [6.45, 7) is 2.93. The normalized spacial score (nSPS) is 16.6. The van der Waals surface area contributed by atoms with Crippen LogP contribution in [-0.2, 0) is 0 Å². The molecule has 1 aliphatic rings. The Kier molecular flexibility index (Phi) is 3.72. The number of amides is 1. The molecule has 3 nitrogen and oxygen atoms in total. The minimum absolute atomic E-state index is 0.0586. The molecule has 0 radical (unpaired) electrons. The number of carbonyl (C=O) groups is 1. The van der Waals surface area contributed by atoms with Gasteiger partial charge in [-0.15, -0.1) is 0 Å². The third-order valence-corrected chi connectivity index (χ3v) is 4.17. The van der Waals surface area contributed by atoms with Crippen molar-refractivity contribution in [3.8, 4) is 0 Å². The molecule has 1 aromatic rings. The van der Waals surface area contributed by atoms with Gasteiger partial charge in [-0.25, -0.2) is 0 Å². The lowest BCUT2D eigenvalue weighted by Crippen LogP contribution is -2.29. The zero-order valence-electron chi connectivity index (χ0n) is 9.87. The highest BCUT2D eigenvalue weighted by molar-refractivity contribution is 9.10. The second-order valence-electron chi connectivity index (χ2n) is 4.73. The van der Waals surface area contributed by atoms with Gasteiger partial charge in [-0.3, -0.25) is 4.79 Å². The summed E-state index contributed by atoms with van der Waals surface area (Å²) in [5.74, 6) is 1.31. The summed E-state index contributed by atoms with van der Waals surface area (Å²) < 4.78 is 0.677. The molecule has 92 valence electrons. The third-order valence-electron chi connectivity index (χ3n) is 3.28. The minimum Gasteiger partial charge on any atom is -0.398 e. The highest BCUT2D eigenvalue weighted by Crippen LogP contribution is 2.36. The molecule has 1 unspecified atom stereocenters. The number of nitrogen functional groups attached to an aromatic ring is 1. The number of benzene rings is 1. The molecule has 1 aromatic carbocycles. The van der Waals surface area contributed by atoms with Crippen LogP contribution < -0.4 is 11.1 Å². The first-order chi connectivity index (χ1) is 8.09. The fourth-order valence-electron chi connectivity index (χ4n) is 1.91. The molecular formula is C13H17BrN2O. The van der Waals surface area contributed by atoms with Crippen molar-refractivity contribution in [1.82, 2.24) is 5.32 Å². The van der Waals surface area contributed by atoms with Gasteiger partial charge in [-0.05, 0) is 52.7 Å². The van der Waals surface area contributed by atoms with Gasteiger partial charge in [0.2, 0.25) is 0 Å². The smallest absolute Gasteiger partial charge is 0.252 e. The largest absolute Gasteiger partial charge is 0.398 e. The Morgan fingerprint density at radius 3 is 2.94 bits per heavy atom. The number of hydrogen-bond acceptors (Lipinski definition) is 2. The lowest BCUT2D eigenvalue weighted by Gasteiger charge is -2.12. The summed E-state index contributed by atoms with van der Waals surface area (Å²) in [5, 5.41) is 2.96. The van der Waals surface area contributed by atoms with Crippen LogP contribution in [0.4, 0.5) is 5.69 Å². The fraction of sp³-hybridized carbons (Fsp3) is 0.462. The Bertz CT molecular complexity index is 429. The molecule has 0 aromatic heterocycles. The van der Waals surface area contributed by atoms with E-state index in [9.17, 15) is 4.79 Å². The van der Waals surface area contributed by atoms with Crippen LogP contribution in [0.1, 0.15) is 30.1 Å². The summed E-state index contributed by atoms with van der Waals surface area (Å²) >= 11 is 3.34. The van der Waals surface area contributed by atoms with Gasteiger partial charge in [0.1, 0.15) is 0 Å². The standard InChI is InChI=1S/C13H17BrN2O/c1-8(9-5-6-9)7-16-13(17)10-3-2-4-11(15)12(10)14/h2-4,8-9H,5-7,15H2,1H3,(H,16,17). The molecule has 1 saturated carbocycles.